The lowest BCUT2D eigenvalue weighted by molar-refractivity contribution is 0.0940. The Morgan fingerprint density at radius 1 is 0.958 bits per heavy atom. The first-order chi connectivity index (χ1) is 11.6. The molecule has 1 aromatic carbocycles. The molecule has 6 heteroatoms. The Labute approximate surface area is 137 Å². The van der Waals surface area contributed by atoms with Crippen LogP contribution in [0.3, 0.4) is 0 Å². The number of amides is 1. The first-order valence-corrected chi connectivity index (χ1v) is 7.24. The van der Waals surface area contributed by atoms with Gasteiger partial charge in [0, 0.05) is 18.6 Å². The van der Waals surface area contributed by atoms with Crippen LogP contribution in [-0.2, 0) is 0 Å². The minimum atomic E-state index is -0.506. The largest absolute Gasteiger partial charge is 0.505 e. The van der Waals surface area contributed by atoms with E-state index in [4.69, 9.17) is 0 Å². The smallest absolute Gasteiger partial charge is 0.255 e. The van der Waals surface area contributed by atoms with E-state index in [1.54, 1.807) is 36.7 Å². The zero-order chi connectivity index (χ0) is 16.9. The Balaban J connectivity index is 1.95. The SMILES string of the molecule is O=C(NC(c1ccncc1)c1ccc(F)cc1)c1ccncc1O. The van der Waals surface area contributed by atoms with Gasteiger partial charge in [0.2, 0.25) is 0 Å². The fourth-order valence-corrected chi connectivity index (χ4v) is 2.36. The molecule has 0 saturated heterocycles. The van der Waals surface area contributed by atoms with E-state index in [9.17, 15) is 14.3 Å². The molecular weight excluding hydrogens is 309 g/mol. The van der Waals surface area contributed by atoms with Crippen LogP contribution in [0.2, 0.25) is 0 Å². The highest BCUT2D eigenvalue weighted by atomic mass is 19.1. The molecule has 2 N–H and O–H groups in total. The molecule has 3 rings (SSSR count). The summed E-state index contributed by atoms with van der Waals surface area (Å²) in [7, 11) is 0. The number of aromatic hydroxyl groups is 1. The van der Waals surface area contributed by atoms with Gasteiger partial charge in [-0.05, 0) is 41.5 Å². The number of hydrogen-bond acceptors (Lipinski definition) is 4. The van der Waals surface area contributed by atoms with Crippen LogP contribution in [0.25, 0.3) is 0 Å². The molecule has 0 bridgehead atoms. The van der Waals surface area contributed by atoms with Crippen LogP contribution in [0.15, 0.2) is 67.3 Å². The highest BCUT2D eigenvalue weighted by molar-refractivity contribution is 5.97. The van der Waals surface area contributed by atoms with E-state index in [-0.39, 0.29) is 17.1 Å². The number of pyridine rings is 2. The summed E-state index contributed by atoms with van der Waals surface area (Å²) in [4.78, 5) is 20.2. The van der Waals surface area contributed by atoms with Crippen molar-refractivity contribution in [1.82, 2.24) is 15.3 Å². The monoisotopic (exact) mass is 323 g/mol. The molecule has 3 aromatic rings. The molecule has 0 spiro atoms. The van der Waals surface area contributed by atoms with Gasteiger partial charge < -0.3 is 10.4 Å². The fraction of sp³-hybridized carbons (Fsp3) is 0.0556. The van der Waals surface area contributed by atoms with Crippen molar-refractivity contribution in [1.29, 1.82) is 0 Å². The zero-order valence-electron chi connectivity index (χ0n) is 12.6. The summed E-state index contributed by atoms with van der Waals surface area (Å²) in [6.07, 6.45) is 5.85. The number of rotatable bonds is 4. The number of carbonyl (C=O) groups excluding carboxylic acids is 1. The topological polar surface area (TPSA) is 75.1 Å². The average molecular weight is 323 g/mol. The fourth-order valence-electron chi connectivity index (χ4n) is 2.36. The lowest BCUT2D eigenvalue weighted by Crippen LogP contribution is -2.29. The van der Waals surface area contributed by atoms with Gasteiger partial charge in [-0.1, -0.05) is 12.1 Å². The van der Waals surface area contributed by atoms with Crippen LogP contribution >= 0.6 is 0 Å². The molecule has 1 amide bonds. The van der Waals surface area contributed by atoms with E-state index in [0.717, 1.165) is 5.56 Å². The van der Waals surface area contributed by atoms with E-state index in [1.165, 1.54) is 30.6 Å². The molecule has 24 heavy (non-hydrogen) atoms. The molecule has 0 aliphatic rings. The molecule has 2 heterocycles. The maximum absolute atomic E-state index is 13.2. The summed E-state index contributed by atoms with van der Waals surface area (Å²) in [5, 5.41) is 12.6. The number of carbonyl (C=O) groups is 1. The summed E-state index contributed by atoms with van der Waals surface area (Å²) in [6.45, 7) is 0. The van der Waals surface area contributed by atoms with Crippen molar-refractivity contribution in [3.8, 4) is 5.75 Å². The first-order valence-electron chi connectivity index (χ1n) is 7.24. The van der Waals surface area contributed by atoms with E-state index in [0.29, 0.717) is 5.56 Å². The predicted molar refractivity (Wildman–Crippen MR) is 85.8 cm³/mol. The number of nitrogens with zero attached hydrogens (tertiary/aromatic N) is 2. The molecule has 0 aliphatic heterocycles. The molecule has 120 valence electrons. The summed E-state index contributed by atoms with van der Waals surface area (Å²) in [5.41, 5.74) is 1.62. The van der Waals surface area contributed by atoms with Crippen LogP contribution in [-0.4, -0.2) is 21.0 Å². The zero-order valence-corrected chi connectivity index (χ0v) is 12.6. The molecule has 1 unspecified atom stereocenters. The van der Waals surface area contributed by atoms with Crippen LogP contribution in [0.1, 0.15) is 27.5 Å². The van der Waals surface area contributed by atoms with Crippen LogP contribution in [0.4, 0.5) is 4.39 Å². The Morgan fingerprint density at radius 2 is 1.58 bits per heavy atom. The van der Waals surface area contributed by atoms with Crippen molar-refractivity contribution in [2.45, 2.75) is 6.04 Å². The number of hydrogen-bond donors (Lipinski definition) is 2. The first kappa shape index (κ1) is 15.6. The standard InChI is InChI=1S/C18H14FN3O2/c19-14-3-1-12(2-4-14)17(13-5-8-20-9-6-13)22-18(24)15-7-10-21-11-16(15)23/h1-11,17,23H,(H,22,24). The number of halogens is 1. The van der Waals surface area contributed by atoms with Gasteiger partial charge in [-0.15, -0.1) is 0 Å². The van der Waals surface area contributed by atoms with Gasteiger partial charge in [-0.3, -0.25) is 14.8 Å². The molecular formula is C18H14FN3O2. The highest BCUT2D eigenvalue weighted by Gasteiger charge is 2.19. The average Bonchev–Trinajstić information content (AvgIpc) is 2.61. The van der Waals surface area contributed by atoms with Gasteiger partial charge in [0.05, 0.1) is 17.8 Å². The summed E-state index contributed by atoms with van der Waals surface area (Å²) >= 11 is 0. The minimum absolute atomic E-state index is 0.117. The van der Waals surface area contributed by atoms with Crippen molar-refractivity contribution in [3.63, 3.8) is 0 Å². The van der Waals surface area contributed by atoms with Gasteiger partial charge in [-0.25, -0.2) is 4.39 Å². The number of benzene rings is 1. The van der Waals surface area contributed by atoms with E-state index in [2.05, 4.69) is 15.3 Å². The Kier molecular flexibility index (Phi) is 4.47. The second-order valence-corrected chi connectivity index (χ2v) is 5.13. The van der Waals surface area contributed by atoms with Gasteiger partial charge >= 0.3 is 0 Å². The third-order valence-corrected chi connectivity index (χ3v) is 3.56. The predicted octanol–water partition coefficient (Wildman–Crippen LogP) is 2.84. The lowest BCUT2D eigenvalue weighted by Gasteiger charge is -2.20. The second kappa shape index (κ2) is 6.87. The van der Waals surface area contributed by atoms with Crippen LogP contribution < -0.4 is 5.32 Å². The molecule has 0 saturated carbocycles. The maximum atomic E-state index is 13.2. The second-order valence-electron chi connectivity index (χ2n) is 5.13. The van der Waals surface area contributed by atoms with Crippen molar-refractivity contribution in [2.24, 2.45) is 0 Å². The van der Waals surface area contributed by atoms with Crippen molar-refractivity contribution in [2.75, 3.05) is 0 Å². The molecule has 2 aromatic heterocycles. The molecule has 1 atom stereocenters. The molecule has 0 fully saturated rings. The molecule has 0 radical (unpaired) electrons. The Hall–Kier alpha value is -3.28. The van der Waals surface area contributed by atoms with E-state index < -0.39 is 11.9 Å². The van der Waals surface area contributed by atoms with Gasteiger partial charge in [0.25, 0.3) is 5.91 Å². The van der Waals surface area contributed by atoms with Gasteiger partial charge in [0.15, 0.2) is 0 Å². The van der Waals surface area contributed by atoms with Crippen molar-refractivity contribution >= 4 is 5.91 Å². The third kappa shape index (κ3) is 3.38. The summed E-state index contributed by atoms with van der Waals surface area (Å²) < 4.78 is 13.2. The molecule has 0 aliphatic carbocycles. The minimum Gasteiger partial charge on any atom is -0.505 e. The third-order valence-electron chi connectivity index (χ3n) is 3.56. The Morgan fingerprint density at radius 3 is 2.25 bits per heavy atom. The molecule has 5 nitrogen and oxygen atoms in total. The quantitative estimate of drug-likeness (QED) is 0.774. The van der Waals surface area contributed by atoms with E-state index in [1.807, 2.05) is 0 Å². The van der Waals surface area contributed by atoms with Gasteiger partial charge in [-0.2, -0.15) is 0 Å². The number of aromatic nitrogens is 2. The summed E-state index contributed by atoms with van der Waals surface area (Å²) in [6, 6.07) is 10.3. The van der Waals surface area contributed by atoms with Crippen molar-refractivity contribution in [3.05, 3.63) is 89.8 Å². The summed E-state index contributed by atoms with van der Waals surface area (Å²) in [5.74, 6) is -1.02. The van der Waals surface area contributed by atoms with Crippen LogP contribution in [0.5, 0.6) is 5.75 Å². The lowest BCUT2D eigenvalue weighted by atomic mass is 9.99. The van der Waals surface area contributed by atoms with Gasteiger partial charge in [0.1, 0.15) is 11.6 Å². The van der Waals surface area contributed by atoms with Crippen LogP contribution in [0, 0.1) is 5.82 Å². The normalized spacial score (nSPS) is 11.7. The van der Waals surface area contributed by atoms with Crippen molar-refractivity contribution < 1.29 is 14.3 Å². The maximum Gasteiger partial charge on any atom is 0.255 e. The number of nitrogens with one attached hydrogen (secondary N) is 1. The Bertz CT molecular complexity index is 838. The highest BCUT2D eigenvalue weighted by Crippen LogP contribution is 2.23. The van der Waals surface area contributed by atoms with E-state index >= 15 is 0 Å².